The van der Waals surface area contributed by atoms with Crippen molar-refractivity contribution in [1.82, 2.24) is 20.0 Å². The van der Waals surface area contributed by atoms with Crippen molar-refractivity contribution in [3.8, 4) is 0 Å². The Kier molecular flexibility index (Phi) is 4.73. The zero-order valence-electron chi connectivity index (χ0n) is 14.5. The lowest BCUT2D eigenvalue weighted by Crippen LogP contribution is -2.46. The van der Waals surface area contributed by atoms with Crippen LogP contribution in [0.2, 0.25) is 0 Å². The second-order valence-electron chi connectivity index (χ2n) is 6.80. The van der Waals surface area contributed by atoms with Crippen LogP contribution in [0.4, 0.5) is 0 Å². The van der Waals surface area contributed by atoms with Crippen LogP contribution in [-0.2, 0) is 22.6 Å². The molecule has 1 N–H and O–H groups in total. The third-order valence-electron chi connectivity index (χ3n) is 5.30. The number of ether oxygens (including phenoxy) is 1. The molecule has 0 saturated carbocycles. The van der Waals surface area contributed by atoms with Gasteiger partial charge in [0.15, 0.2) is 0 Å². The number of piperidine rings is 1. The minimum atomic E-state index is -0.241. The summed E-state index contributed by atoms with van der Waals surface area (Å²) >= 11 is 0. The van der Waals surface area contributed by atoms with E-state index in [1.807, 2.05) is 0 Å². The van der Waals surface area contributed by atoms with E-state index < -0.39 is 0 Å². The summed E-state index contributed by atoms with van der Waals surface area (Å²) in [5, 5.41) is 7.51. The lowest BCUT2D eigenvalue weighted by Gasteiger charge is -2.40. The third-order valence-corrected chi connectivity index (χ3v) is 5.30. The maximum Gasteiger partial charge on any atom is 0.222 e. The van der Waals surface area contributed by atoms with Gasteiger partial charge in [0.25, 0.3) is 0 Å². The van der Waals surface area contributed by atoms with E-state index in [1.54, 1.807) is 0 Å². The molecule has 0 unspecified atom stereocenters. The van der Waals surface area contributed by atoms with Crippen LogP contribution in [0.15, 0.2) is 0 Å². The van der Waals surface area contributed by atoms with Crippen LogP contribution in [0.5, 0.6) is 0 Å². The highest BCUT2D eigenvalue weighted by atomic mass is 16.5. The molecule has 3 rings (SSSR count). The fraction of sp³-hybridized carbons (Fsp3) is 0.765. The molecule has 3 heterocycles. The Morgan fingerprint density at radius 2 is 2.04 bits per heavy atom. The van der Waals surface area contributed by atoms with Gasteiger partial charge >= 0.3 is 0 Å². The van der Waals surface area contributed by atoms with Gasteiger partial charge in [-0.2, -0.15) is 5.10 Å². The Labute approximate surface area is 138 Å². The van der Waals surface area contributed by atoms with Gasteiger partial charge in [-0.05, 0) is 33.6 Å². The van der Waals surface area contributed by atoms with Crippen molar-refractivity contribution in [1.29, 1.82) is 0 Å². The monoisotopic (exact) mass is 320 g/mol. The quantitative estimate of drug-likeness (QED) is 0.914. The van der Waals surface area contributed by atoms with Gasteiger partial charge in [-0.15, -0.1) is 0 Å². The van der Waals surface area contributed by atoms with Gasteiger partial charge in [-0.25, -0.2) is 0 Å². The number of aryl methyl sites for hydroxylation is 2. The first-order valence-electron chi connectivity index (χ1n) is 8.69. The Hall–Kier alpha value is -1.40. The number of likely N-dealkylation sites (tertiary alicyclic amines) is 1. The van der Waals surface area contributed by atoms with Crippen molar-refractivity contribution in [3.05, 3.63) is 17.0 Å². The van der Waals surface area contributed by atoms with E-state index >= 15 is 0 Å². The molecule has 0 bridgehead atoms. The van der Waals surface area contributed by atoms with Crippen molar-refractivity contribution in [2.75, 3.05) is 26.2 Å². The van der Waals surface area contributed by atoms with Crippen LogP contribution in [0.25, 0.3) is 0 Å². The van der Waals surface area contributed by atoms with Gasteiger partial charge in [0, 0.05) is 44.0 Å². The Balaban J connectivity index is 1.63. The van der Waals surface area contributed by atoms with E-state index in [1.165, 1.54) is 11.3 Å². The largest absolute Gasteiger partial charge is 0.373 e. The molecule has 1 spiro atoms. The first kappa shape index (κ1) is 16.5. The first-order chi connectivity index (χ1) is 11.0. The zero-order chi connectivity index (χ0) is 16.4. The first-order valence-corrected chi connectivity index (χ1v) is 8.69. The van der Waals surface area contributed by atoms with Gasteiger partial charge in [-0.3, -0.25) is 14.4 Å². The predicted molar refractivity (Wildman–Crippen MR) is 88.2 cm³/mol. The highest BCUT2D eigenvalue weighted by molar-refractivity contribution is 5.77. The molecule has 6 nitrogen and oxygen atoms in total. The van der Waals surface area contributed by atoms with Crippen LogP contribution in [0.1, 0.15) is 43.1 Å². The molecular weight excluding hydrogens is 292 g/mol. The summed E-state index contributed by atoms with van der Waals surface area (Å²) in [4.78, 5) is 14.3. The number of carbonyl (C=O) groups is 1. The molecule has 1 aromatic rings. The van der Waals surface area contributed by atoms with Crippen molar-refractivity contribution in [2.24, 2.45) is 0 Å². The summed E-state index contributed by atoms with van der Waals surface area (Å²) in [6.45, 7) is 11.5. The van der Waals surface area contributed by atoms with E-state index in [0.29, 0.717) is 19.6 Å². The highest BCUT2D eigenvalue weighted by Gasteiger charge is 2.38. The molecule has 0 aromatic carbocycles. The maximum absolute atomic E-state index is 11.8. The number of rotatable bonds is 3. The Morgan fingerprint density at radius 1 is 1.30 bits per heavy atom. The van der Waals surface area contributed by atoms with E-state index in [-0.39, 0.29) is 11.5 Å². The third kappa shape index (κ3) is 3.43. The van der Waals surface area contributed by atoms with E-state index in [0.717, 1.165) is 44.7 Å². The number of nitrogens with one attached hydrogen (secondary N) is 1. The molecule has 1 amide bonds. The number of amides is 1. The summed E-state index contributed by atoms with van der Waals surface area (Å²) in [5.74, 6) is 0.131. The minimum absolute atomic E-state index is 0.131. The Bertz CT molecular complexity index is 573. The molecular formula is C17H28N4O2. The van der Waals surface area contributed by atoms with E-state index in [9.17, 15) is 4.79 Å². The van der Waals surface area contributed by atoms with Crippen LogP contribution >= 0.6 is 0 Å². The zero-order valence-corrected chi connectivity index (χ0v) is 14.5. The minimum Gasteiger partial charge on any atom is -0.373 e. The lowest BCUT2D eigenvalue weighted by atomic mass is 9.87. The average Bonchev–Trinajstić information content (AvgIpc) is 2.70. The van der Waals surface area contributed by atoms with Crippen molar-refractivity contribution < 1.29 is 9.53 Å². The van der Waals surface area contributed by atoms with Crippen molar-refractivity contribution >= 4 is 5.91 Å². The summed E-state index contributed by atoms with van der Waals surface area (Å²) in [5.41, 5.74) is 3.52. The smallest absolute Gasteiger partial charge is 0.222 e. The van der Waals surface area contributed by atoms with Crippen LogP contribution in [0.3, 0.4) is 0 Å². The summed E-state index contributed by atoms with van der Waals surface area (Å²) in [7, 11) is 0. The standard InChI is InChI=1S/C17H28N4O2/c1-4-21-14(3)15(13(2)19-21)12-20-8-5-17(6-9-20)11-16(22)18-7-10-23-17/h4-12H2,1-3H3,(H,18,22). The van der Waals surface area contributed by atoms with E-state index in [2.05, 4.69) is 40.8 Å². The number of hydrogen-bond donors (Lipinski definition) is 1. The van der Waals surface area contributed by atoms with Crippen molar-refractivity contribution in [3.63, 3.8) is 0 Å². The molecule has 1 aromatic heterocycles. The number of hydrogen-bond acceptors (Lipinski definition) is 4. The summed E-state index contributed by atoms with van der Waals surface area (Å²) < 4.78 is 8.12. The van der Waals surface area contributed by atoms with Crippen LogP contribution in [0, 0.1) is 13.8 Å². The van der Waals surface area contributed by atoms with Crippen LogP contribution in [-0.4, -0.2) is 52.4 Å². The molecule has 2 aliphatic heterocycles. The molecule has 2 aliphatic rings. The fourth-order valence-electron chi connectivity index (χ4n) is 3.80. The number of nitrogens with zero attached hydrogens (tertiary/aromatic N) is 3. The molecule has 2 saturated heterocycles. The molecule has 6 heteroatoms. The van der Waals surface area contributed by atoms with Gasteiger partial charge in [0.2, 0.25) is 5.91 Å². The van der Waals surface area contributed by atoms with Gasteiger partial charge in [0.1, 0.15) is 0 Å². The second kappa shape index (κ2) is 6.61. The molecule has 23 heavy (non-hydrogen) atoms. The average molecular weight is 320 g/mol. The van der Waals surface area contributed by atoms with E-state index in [4.69, 9.17) is 4.74 Å². The lowest BCUT2D eigenvalue weighted by molar-refractivity contribution is -0.128. The molecule has 0 aliphatic carbocycles. The van der Waals surface area contributed by atoms with Gasteiger partial charge in [-0.1, -0.05) is 0 Å². The number of carbonyl (C=O) groups excluding carboxylic acids is 1. The summed E-state index contributed by atoms with van der Waals surface area (Å²) in [6, 6.07) is 0. The molecule has 0 radical (unpaired) electrons. The Morgan fingerprint density at radius 3 is 2.70 bits per heavy atom. The van der Waals surface area contributed by atoms with Gasteiger partial charge < -0.3 is 10.1 Å². The van der Waals surface area contributed by atoms with Crippen molar-refractivity contribution in [2.45, 2.75) is 58.7 Å². The second-order valence-corrected chi connectivity index (χ2v) is 6.80. The normalized spacial score (nSPS) is 22.1. The SMILES string of the molecule is CCn1nc(C)c(CN2CCC3(CC2)CC(=O)NCCO3)c1C. The van der Waals surface area contributed by atoms with Crippen LogP contribution < -0.4 is 5.32 Å². The summed E-state index contributed by atoms with van der Waals surface area (Å²) in [6.07, 6.45) is 2.37. The maximum atomic E-state index is 11.8. The highest BCUT2D eigenvalue weighted by Crippen LogP contribution is 2.32. The molecule has 2 fully saturated rings. The number of aromatic nitrogens is 2. The molecule has 0 atom stereocenters. The predicted octanol–water partition coefficient (Wildman–Crippen LogP) is 1.39. The topological polar surface area (TPSA) is 59.4 Å². The fourth-order valence-corrected chi connectivity index (χ4v) is 3.80. The molecule has 128 valence electrons. The van der Waals surface area contributed by atoms with Gasteiger partial charge in [0.05, 0.1) is 24.3 Å².